The summed E-state index contributed by atoms with van der Waals surface area (Å²) in [4.78, 5) is 2.06. The molecular weight excluding hydrogens is 816 g/mol. The van der Waals surface area contributed by atoms with Crippen LogP contribution in [0.4, 0.5) is 21.5 Å². The Morgan fingerprint density at radius 1 is 0.313 bits per heavy atom. The average molecular weight is 857 g/mol. The minimum Gasteiger partial charge on any atom is -0.309 e. The van der Waals surface area contributed by atoms with Crippen molar-refractivity contribution in [2.45, 2.75) is 0 Å². The first-order chi connectivity index (χ1) is 33.2. The van der Waals surface area contributed by atoms with E-state index in [1.165, 1.54) is 65.3 Å². The first kappa shape index (κ1) is 38.6. The van der Waals surface area contributed by atoms with Gasteiger partial charge >= 0.3 is 0 Å². The van der Waals surface area contributed by atoms with Crippen molar-refractivity contribution in [2.24, 2.45) is 0 Å². The highest BCUT2D eigenvalue weighted by atomic mass is 19.1. The molecule has 0 bridgehead atoms. The van der Waals surface area contributed by atoms with Crippen LogP contribution in [0.25, 0.3) is 104 Å². The standard InChI is InChI=1S/C64H41FN2/c65-58-39-49(43-18-8-2-9-19-43)38-57(44-20-10-3-11-21-44)64(58)66(50-22-12-4-13-23-50)52-32-28-45(29-33-52)53-34-30-46-26-27-48-41-60-63(56-37-36-54(53)61(46)62(48)56)55-35-31-47(42-16-6-1-7-17-42)40-59(55)67(60)51-24-14-5-15-25-51/h1-41H. The Morgan fingerprint density at radius 2 is 0.836 bits per heavy atom. The van der Waals surface area contributed by atoms with Gasteiger partial charge in [0.2, 0.25) is 0 Å². The number of hydrogen-bond acceptors (Lipinski definition) is 1. The predicted octanol–water partition coefficient (Wildman–Crippen LogP) is 18.0. The summed E-state index contributed by atoms with van der Waals surface area (Å²) >= 11 is 0. The third-order valence-electron chi connectivity index (χ3n) is 13.6. The van der Waals surface area contributed by atoms with Gasteiger partial charge in [0.1, 0.15) is 5.82 Å². The minimum absolute atomic E-state index is 0.294. The molecule has 1 aromatic heterocycles. The maximum Gasteiger partial charge on any atom is 0.148 e. The van der Waals surface area contributed by atoms with Crippen molar-refractivity contribution >= 4 is 71.2 Å². The Morgan fingerprint density at radius 3 is 1.54 bits per heavy atom. The van der Waals surface area contributed by atoms with E-state index in [2.05, 4.69) is 173 Å². The van der Waals surface area contributed by atoms with Crippen molar-refractivity contribution in [3.8, 4) is 50.2 Å². The number of benzene rings is 12. The van der Waals surface area contributed by atoms with Crippen LogP contribution < -0.4 is 4.90 Å². The molecular formula is C64H41FN2. The third kappa shape index (κ3) is 6.39. The molecule has 0 amide bonds. The molecule has 0 fully saturated rings. The van der Waals surface area contributed by atoms with Gasteiger partial charge in [0.05, 0.1) is 16.7 Å². The SMILES string of the molecule is Fc1cc(-c2ccccc2)cc(-c2ccccc2)c1N(c1ccccc1)c1ccc(-c2ccc3ccc4cc5c(c6ccc2c3c46)c2ccc(-c3ccccc3)cc2n5-c2ccccc2)cc1. The third-order valence-corrected chi connectivity index (χ3v) is 13.6. The van der Waals surface area contributed by atoms with Crippen LogP contribution in [-0.2, 0) is 0 Å². The van der Waals surface area contributed by atoms with Crippen molar-refractivity contribution in [3.05, 3.63) is 255 Å². The molecule has 0 N–H and O–H groups in total. The van der Waals surface area contributed by atoms with E-state index in [9.17, 15) is 0 Å². The normalized spacial score (nSPS) is 11.7. The first-order valence-electron chi connectivity index (χ1n) is 22.9. The number of para-hydroxylation sites is 2. The summed E-state index contributed by atoms with van der Waals surface area (Å²) in [6.07, 6.45) is 0. The summed E-state index contributed by atoms with van der Waals surface area (Å²) in [7, 11) is 0. The Bertz CT molecular complexity index is 3940. The van der Waals surface area contributed by atoms with Crippen LogP contribution in [0.3, 0.4) is 0 Å². The molecule has 0 saturated carbocycles. The van der Waals surface area contributed by atoms with Crippen molar-refractivity contribution in [3.63, 3.8) is 0 Å². The molecule has 67 heavy (non-hydrogen) atoms. The number of aromatic nitrogens is 1. The van der Waals surface area contributed by atoms with Crippen molar-refractivity contribution in [1.29, 1.82) is 0 Å². The van der Waals surface area contributed by atoms with Crippen molar-refractivity contribution < 1.29 is 4.39 Å². The highest BCUT2D eigenvalue weighted by Crippen LogP contribution is 2.48. The van der Waals surface area contributed by atoms with Gasteiger partial charge in [-0.25, -0.2) is 4.39 Å². The van der Waals surface area contributed by atoms with Crippen LogP contribution in [0.5, 0.6) is 0 Å². The highest BCUT2D eigenvalue weighted by molar-refractivity contribution is 6.34. The average Bonchev–Trinajstić information content (AvgIpc) is 3.73. The quantitative estimate of drug-likeness (QED) is 0.138. The van der Waals surface area contributed by atoms with E-state index in [1.807, 2.05) is 78.9 Å². The van der Waals surface area contributed by atoms with Crippen LogP contribution in [0.2, 0.25) is 0 Å². The maximum absolute atomic E-state index is 17.1. The monoisotopic (exact) mass is 856 g/mol. The molecule has 13 aromatic rings. The Hall–Kier alpha value is -8.79. The van der Waals surface area contributed by atoms with E-state index in [0.29, 0.717) is 5.69 Å². The summed E-state index contributed by atoms with van der Waals surface area (Å²) in [5.41, 5.74) is 14.0. The highest BCUT2D eigenvalue weighted by Gasteiger charge is 2.24. The van der Waals surface area contributed by atoms with Gasteiger partial charge in [-0.05, 0) is 132 Å². The van der Waals surface area contributed by atoms with Gasteiger partial charge in [0.25, 0.3) is 0 Å². The topological polar surface area (TPSA) is 8.17 Å². The second kappa shape index (κ2) is 15.7. The van der Waals surface area contributed by atoms with E-state index in [1.54, 1.807) is 6.07 Å². The van der Waals surface area contributed by atoms with E-state index >= 15 is 4.39 Å². The van der Waals surface area contributed by atoms with Gasteiger partial charge in [-0.3, -0.25) is 0 Å². The smallest absolute Gasteiger partial charge is 0.148 e. The molecule has 0 aliphatic heterocycles. The molecule has 314 valence electrons. The predicted molar refractivity (Wildman–Crippen MR) is 281 cm³/mol. The van der Waals surface area contributed by atoms with E-state index in [-0.39, 0.29) is 5.82 Å². The van der Waals surface area contributed by atoms with Crippen LogP contribution >= 0.6 is 0 Å². The lowest BCUT2D eigenvalue weighted by Gasteiger charge is -2.29. The molecule has 0 saturated heterocycles. The fourth-order valence-corrected chi connectivity index (χ4v) is 10.5. The maximum atomic E-state index is 17.1. The molecule has 13 rings (SSSR count). The first-order valence-corrected chi connectivity index (χ1v) is 22.9. The molecule has 0 aliphatic rings. The Balaban J connectivity index is 0.977. The lowest BCUT2D eigenvalue weighted by atomic mass is 9.88. The lowest BCUT2D eigenvalue weighted by Crippen LogP contribution is -2.13. The molecule has 3 heteroatoms. The number of rotatable bonds is 8. The molecule has 2 nitrogen and oxygen atoms in total. The molecule has 0 atom stereocenters. The zero-order valence-electron chi connectivity index (χ0n) is 36.4. The summed E-state index contributed by atoms with van der Waals surface area (Å²) in [6.45, 7) is 0. The number of anilines is 3. The number of halogens is 1. The molecule has 0 unspecified atom stereocenters. The molecule has 1 heterocycles. The van der Waals surface area contributed by atoms with Gasteiger partial charge in [0, 0.05) is 33.4 Å². The van der Waals surface area contributed by atoms with E-state index in [0.717, 1.165) is 50.4 Å². The Kier molecular flexibility index (Phi) is 9.07. The fourth-order valence-electron chi connectivity index (χ4n) is 10.5. The number of nitrogens with zero attached hydrogens (tertiary/aromatic N) is 2. The van der Waals surface area contributed by atoms with Crippen LogP contribution in [-0.4, -0.2) is 4.57 Å². The van der Waals surface area contributed by atoms with Gasteiger partial charge < -0.3 is 9.47 Å². The van der Waals surface area contributed by atoms with Gasteiger partial charge in [-0.1, -0.05) is 188 Å². The van der Waals surface area contributed by atoms with Crippen LogP contribution in [0, 0.1) is 5.82 Å². The fraction of sp³-hybridized carbons (Fsp3) is 0. The zero-order chi connectivity index (χ0) is 44.4. The Labute approximate surface area is 388 Å². The lowest BCUT2D eigenvalue weighted by molar-refractivity contribution is 0.630. The van der Waals surface area contributed by atoms with Crippen molar-refractivity contribution in [1.82, 2.24) is 4.57 Å². The minimum atomic E-state index is -0.294. The van der Waals surface area contributed by atoms with Gasteiger partial charge in [-0.15, -0.1) is 0 Å². The number of hydrogen-bond donors (Lipinski definition) is 0. The number of fused-ring (bicyclic) bond motifs is 4. The second-order valence-corrected chi connectivity index (χ2v) is 17.4. The van der Waals surface area contributed by atoms with E-state index in [4.69, 9.17) is 0 Å². The van der Waals surface area contributed by atoms with Gasteiger partial charge in [-0.2, -0.15) is 0 Å². The molecule has 0 radical (unpaired) electrons. The van der Waals surface area contributed by atoms with Crippen LogP contribution in [0.1, 0.15) is 0 Å². The zero-order valence-corrected chi connectivity index (χ0v) is 36.4. The summed E-state index contributed by atoms with van der Waals surface area (Å²) < 4.78 is 19.6. The largest absolute Gasteiger partial charge is 0.309 e. The summed E-state index contributed by atoms with van der Waals surface area (Å²) in [5, 5.41) is 9.91. The molecule has 0 spiro atoms. The van der Waals surface area contributed by atoms with Gasteiger partial charge in [0.15, 0.2) is 0 Å². The van der Waals surface area contributed by atoms with E-state index < -0.39 is 0 Å². The van der Waals surface area contributed by atoms with Crippen molar-refractivity contribution in [2.75, 3.05) is 4.90 Å². The molecule has 0 aliphatic carbocycles. The molecule has 12 aromatic carbocycles. The second-order valence-electron chi connectivity index (χ2n) is 17.4. The summed E-state index contributed by atoms with van der Waals surface area (Å²) in [5.74, 6) is -0.294. The van der Waals surface area contributed by atoms with Crippen LogP contribution in [0.15, 0.2) is 249 Å². The summed E-state index contributed by atoms with van der Waals surface area (Å²) in [6, 6.07) is 87.1.